The van der Waals surface area contributed by atoms with Gasteiger partial charge in [-0.25, -0.2) is 9.97 Å². The van der Waals surface area contributed by atoms with Crippen molar-refractivity contribution in [1.29, 1.82) is 0 Å². The number of para-hydroxylation sites is 2. The highest BCUT2D eigenvalue weighted by atomic mass is 15.0. The quantitative estimate of drug-likeness (QED) is 0.193. The summed E-state index contributed by atoms with van der Waals surface area (Å²) in [5, 5.41) is 2.22. The number of hydrogen-bond donors (Lipinski definition) is 0. The van der Waals surface area contributed by atoms with Crippen molar-refractivity contribution in [3.8, 4) is 11.3 Å². The molecule has 4 nitrogen and oxygen atoms in total. The maximum atomic E-state index is 5.40. The normalized spacial score (nSPS) is 17.0. The average molecular weight is 589 g/mol. The Balaban J connectivity index is 1.27. The zero-order chi connectivity index (χ0) is 31.5. The second-order valence-corrected chi connectivity index (χ2v) is 15.0. The molecule has 4 heterocycles. The molecule has 4 aromatic heterocycles. The average Bonchev–Trinajstić information content (AvgIpc) is 3.48. The van der Waals surface area contributed by atoms with Gasteiger partial charge in [-0.3, -0.25) is 9.38 Å². The van der Waals surface area contributed by atoms with Gasteiger partial charge in [-0.05, 0) is 83.7 Å². The van der Waals surface area contributed by atoms with Gasteiger partial charge < -0.3 is 0 Å². The summed E-state index contributed by atoms with van der Waals surface area (Å²) in [7, 11) is 0. The maximum Gasteiger partial charge on any atom is 0.146 e. The van der Waals surface area contributed by atoms with Crippen LogP contribution in [0.25, 0.3) is 49.7 Å². The standard InChI is InChI=1S/C41H40N4/c1-38(2,34-19-13-17-30(42-34)25-20-21-28-29(24-25)40(5,6)41(7,8)39(28,3)4)35-23-22-33-36(44-35)26-14-9-10-15-27(26)37-43-31-16-11-12-18-32(31)45(33)37/h9-24H,1-8H3. The number of rotatable bonds is 3. The molecule has 8 rings (SSSR count). The van der Waals surface area contributed by atoms with Gasteiger partial charge in [0.2, 0.25) is 0 Å². The van der Waals surface area contributed by atoms with E-state index in [4.69, 9.17) is 15.0 Å². The molecular formula is C41H40N4. The maximum absolute atomic E-state index is 5.40. The van der Waals surface area contributed by atoms with E-state index in [1.807, 2.05) is 6.07 Å². The minimum absolute atomic E-state index is 0.0441. The molecule has 0 bridgehead atoms. The zero-order valence-electron chi connectivity index (χ0n) is 27.5. The van der Waals surface area contributed by atoms with E-state index in [-0.39, 0.29) is 16.2 Å². The number of pyridine rings is 3. The van der Waals surface area contributed by atoms with Crippen LogP contribution >= 0.6 is 0 Å². The van der Waals surface area contributed by atoms with Crippen LogP contribution in [0.3, 0.4) is 0 Å². The van der Waals surface area contributed by atoms with E-state index in [1.54, 1.807) is 0 Å². The lowest BCUT2D eigenvalue weighted by Crippen LogP contribution is -2.42. The number of fused-ring (bicyclic) bond motifs is 9. The second kappa shape index (κ2) is 9.00. The Bertz CT molecular complexity index is 2330. The van der Waals surface area contributed by atoms with Crippen LogP contribution in [0.2, 0.25) is 0 Å². The first kappa shape index (κ1) is 27.9. The lowest BCUT2D eigenvalue weighted by atomic mass is 9.59. The predicted molar refractivity (Wildman–Crippen MR) is 187 cm³/mol. The van der Waals surface area contributed by atoms with Gasteiger partial charge in [0.1, 0.15) is 5.65 Å². The molecule has 45 heavy (non-hydrogen) atoms. The van der Waals surface area contributed by atoms with E-state index >= 15 is 0 Å². The molecule has 0 radical (unpaired) electrons. The van der Waals surface area contributed by atoms with Crippen LogP contribution in [-0.2, 0) is 16.2 Å². The molecule has 1 aliphatic carbocycles. The number of imidazole rings is 1. The smallest absolute Gasteiger partial charge is 0.146 e. The van der Waals surface area contributed by atoms with Crippen molar-refractivity contribution in [2.75, 3.05) is 0 Å². The molecule has 0 amide bonds. The number of aromatic nitrogens is 4. The first-order chi connectivity index (χ1) is 21.3. The fourth-order valence-electron chi connectivity index (χ4n) is 7.81. The highest BCUT2D eigenvalue weighted by molar-refractivity contribution is 6.12. The van der Waals surface area contributed by atoms with Crippen molar-refractivity contribution in [1.82, 2.24) is 19.4 Å². The molecule has 224 valence electrons. The van der Waals surface area contributed by atoms with Crippen LogP contribution in [0.5, 0.6) is 0 Å². The van der Waals surface area contributed by atoms with E-state index in [1.165, 1.54) is 16.7 Å². The van der Waals surface area contributed by atoms with E-state index < -0.39 is 5.41 Å². The number of hydrogen-bond acceptors (Lipinski definition) is 3. The lowest BCUT2D eigenvalue weighted by Gasteiger charge is -2.44. The van der Waals surface area contributed by atoms with Crippen LogP contribution in [0.15, 0.2) is 97.1 Å². The molecule has 0 atom stereocenters. The van der Waals surface area contributed by atoms with Gasteiger partial charge in [0.25, 0.3) is 0 Å². The molecule has 0 aliphatic heterocycles. The Hall–Kier alpha value is -4.57. The van der Waals surface area contributed by atoms with Gasteiger partial charge in [0, 0.05) is 21.8 Å². The second-order valence-electron chi connectivity index (χ2n) is 15.0. The van der Waals surface area contributed by atoms with Crippen LogP contribution in [-0.4, -0.2) is 19.4 Å². The molecule has 0 N–H and O–H groups in total. The SMILES string of the molecule is CC(C)(c1cccc(-c2ccc3c(c2)C(C)(C)C(C)(C)C3(C)C)n1)c1ccc2c(n1)c1ccccc1c1nc3ccccc3n21. The van der Waals surface area contributed by atoms with Crippen LogP contribution in [0.4, 0.5) is 0 Å². The molecular weight excluding hydrogens is 548 g/mol. The molecule has 0 spiro atoms. The van der Waals surface area contributed by atoms with Gasteiger partial charge in [-0.15, -0.1) is 0 Å². The minimum Gasteiger partial charge on any atom is -0.290 e. The van der Waals surface area contributed by atoms with Crippen LogP contribution in [0, 0.1) is 5.41 Å². The highest BCUT2D eigenvalue weighted by Gasteiger charge is 2.56. The number of nitrogens with zero attached hydrogens (tertiary/aromatic N) is 4. The Morgan fingerprint density at radius 2 is 1.27 bits per heavy atom. The van der Waals surface area contributed by atoms with Gasteiger partial charge >= 0.3 is 0 Å². The van der Waals surface area contributed by atoms with E-state index in [2.05, 4.69) is 151 Å². The molecule has 4 heteroatoms. The first-order valence-corrected chi connectivity index (χ1v) is 16.1. The summed E-state index contributed by atoms with van der Waals surface area (Å²) in [5.41, 5.74) is 12.0. The van der Waals surface area contributed by atoms with Crippen molar-refractivity contribution < 1.29 is 0 Å². The van der Waals surface area contributed by atoms with Crippen molar-refractivity contribution in [3.63, 3.8) is 0 Å². The van der Waals surface area contributed by atoms with E-state index in [0.717, 1.165) is 55.6 Å². The molecule has 0 saturated carbocycles. The number of benzene rings is 3. The summed E-state index contributed by atoms with van der Waals surface area (Å²) in [6.45, 7) is 18.9. The Kier molecular flexibility index (Phi) is 5.59. The monoisotopic (exact) mass is 588 g/mol. The van der Waals surface area contributed by atoms with Crippen LogP contribution < -0.4 is 0 Å². The van der Waals surface area contributed by atoms with Crippen LogP contribution in [0.1, 0.15) is 77.9 Å². The Morgan fingerprint density at radius 3 is 2.07 bits per heavy atom. The zero-order valence-corrected chi connectivity index (χ0v) is 27.5. The molecule has 3 aromatic carbocycles. The lowest BCUT2D eigenvalue weighted by molar-refractivity contribution is 0.125. The van der Waals surface area contributed by atoms with Gasteiger partial charge in [-0.1, -0.05) is 96.1 Å². The van der Waals surface area contributed by atoms with Gasteiger partial charge in [-0.2, -0.15) is 0 Å². The third-order valence-corrected chi connectivity index (χ3v) is 11.9. The summed E-state index contributed by atoms with van der Waals surface area (Å²) < 4.78 is 2.26. The van der Waals surface area contributed by atoms with Gasteiger partial charge in [0.05, 0.1) is 39.1 Å². The first-order valence-electron chi connectivity index (χ1n) is 16.1. The van der Waals surface area contributed by atoms with Crippen molar-refractivity contribution in [2.24, 2.45) is 5.41 Å². The molecule has 0 unspecified atom stereocenters. The summed E-state index contributed by atoms with van der Waals surface area (Å²) in [4.78, 5) is 15.7. The largest absolute Gasteiger partial charge is 0.290 e. The molecule has 0 fully saturated rings. The molecule has 7 aromatic rings. The molecule has 1 aliphatic rings. The third kappa shape index (κ3) is 3.63. The Morgan fingerprint density at radius 1 is 0.578 bits per heavy atom. The van der Waals surface area contributed by atoms with Gasteiger partial charge in [0.15, 0.2) is 0 Å². The fraction of sp³-hybridized carbons (Fsp3) is 0.293. The predicted octanol–water partition coefficient (Wildman–Crippen LogP) is 10.2. The molecule has 0 saturated heterocycles. The minimum atomic E-state index is -0.419. The summed E-state index contributed by atoms with van der Waals surface area (Å²) in [5.74, 6) is 0. The fourth-order valence-corrected chi connectivity index (χ4v) is 7.81. The summed E-state index contributed by atoms with van der Waals surface area (Å²) in [6.07, 6.45) is 0. The Labute approximate surface area is 265 Å². The van der Waals surface area contributed by atoms with Crippen molar-refractivity contribution in [2.45, 2.75) is 71.6 Å². The third-order valence-electron chi connectivity index (χ3n) is 11.9. The van der Waals surface area contributed by atoms with Crippen molar-refractivity contribution >= 4 is 38.5 Å². The highest BCUT2D eigenvalue weighted by Crippen LogP contribution is 2.61. The van der Waals surface area contributed by atoms with E-state index in [9.17, 15) is 0 Å². The topological polar surface area (TPSA) is 43.1 Å². The summed E-state index contributed by atoms with van der Waals surface area (Å²) >= 11 is 0. The summed E-state index contributed by atoms with van der Waals surface area (Å²) in [6, 6.07) is 34.6. The van der Waals surface area contributed by atoms with E-state index in [0.29, 0.717) is 0 Å². The van der Waals surface area contributed by atoms with Crippen molar-refractivity contribution in [3.05, 3.63) is 120 Å².